The number of hydrogen-bond donors (Lipinski definition) is 2. The average Bonchev–Trinajstić information content (AvgIpc) is 3.04. The summed E-state index contributed by atoms with van der Waals surface area (Å²) in [5.74, 6) is 0.571. The van der Waals surface area contributed by atoms with Crippen LogP contribution in [0.2, 0.25) is 0 Å². The third kappa shape index (κ3) is 8.53. The lowest BCUT2D eigenvalue weighted by Crippen LogP contribution is -2.38. The number of rotatable bonds is 10. The highest BCUT2D eigenvalue weighted by atomic mass is 32.1. The molecule has 0 radical (unpaired) electrons. The Hall–Kier alpha value is -1.35. The molecule has 0 spiro atoms. The van der Waals surface area contributed by atoms with Gasteiger partial charge in [-0.15, -0.1) is 11.3 Å². The van der Waals surface area contributed by atoms with Crippen molar-refractivity contribution in [3.8, 4) is 0 Å². The molecule has 1 aromatic rings. The van der Waals surface area contributed by atoms with E-state index in [9.17, 15) is 13.2 Å². The summed E-state index contributed by atoms with van der Waals surface area (Å²) < 4.78 is 37.6. The van der Waals surface area contributed by atoms with E-state index in [1.165, 1.54) is 0 Å². The van der Waals surface area contributed by atoms with Gasteiger partial charge in [-0.2, -0.15) is 13.2 Å². The molecule has 0 aliphatic rings. The van der Waals surface area contributed by atoms with E-state index >= 15 is 0 Å². The molecule has 0 fully saturated rings. The van der Waals surface area contributed by atoms with Crippen molar-refractivity contribution in [3.63, 3.8) is 0 Å². The highest BCUT2D eigenvalue weighted by Gasteiger charge is 2.33. The zero-order valence-electron chi connectivity index (χ0n) is 15.1. The van der Waals surface area contributed by atoms with E-state index < -0.39 is 11.9 Å². The van der Waals surface area contributed by atoms with E-state index in [0.717, 1.165) is 62.2 Å². The molecule has 0 aliphatic carbocycles. The molecule has 1 heterocycles. The van der Waals surface area contributed by atoms with Crippen LogP contribution in [-0.2, 0) is 12.7 Å². The second-order valence-corrected chi connectivity index (χ2v) is 6.61. The summed E-state index contributed by atoms with van der Waals surface area (Å²) in [6, 6.07) is 0. The van der Waals surface area contributed by atoms with Crippen LogP contribution in [0, 0.1) is 0 Å². The van der Waals surface area contributed by atoms with Crippen molar-refractivity contribution in [2.24, 2.45) is 4.99 Å². The number of thiazole rings is 1. The van der Waals surface area contributed by atoms with Gasteiger partial charge in [-0.05, 0) is 38.9 Å². The molecule has 144 valence electrons. The molecular weight excluding hydrogens is 351 g/mol. The predicted molar refractivity (Wildman–Crippen MR) is 97.0 cm³/mol. The van der Waals surface area contributed by atoms with Crippen molar-refractivity contribution in [2.45, 2.75) is 45.8 Å². The first kappa shape index (κ1) is 21.7. The van der Waals surface area contributed by atoms with Crippen LogP contribution in [0.1, 0.15) is 43.8 Å². The second kappa shape index (κ2) is 11.3. The van der Waals surface area contributed by atoms with Crippen LogP contribution in [0.15, 0.2) is 10.4 Å². The smallest absolute Gasteiger partial charge is 0.356 e. The fourth-order valence-corrected chi connectivity index (χ4v) is 3.12. The van der Waals surface area contributed by atoms with Gasteiger partial charge in [0.25, 0.3) is 0 Å². The molecule has 1 aromatic heterocycles. The van der Waals surface area contributed by atoms with Crippen LogP contribution in [0.4, 0.5) is 13.2 Å². The van der Waals surface area contributed by atoms with Crippen LogP contribution in [0.25, 0.3) is 0 Å². The second-order valence-electron chi connectivity index (χ2n) is 5.67. The van der Waals surface area contributed by atoms with Crippen LogP contribution < -0.4 is 10.6 Å². The van der Waals surface area contributed by atoms with Crippen molar-refractivity contribution >= 4 is 17.3 Å². The van der Waals surface area contributed by atoms with Crippen molar-refractivity contribution in [3.05, 3.63) is 16.1 Å². The van der Waals surface area contributed by atoms with Crippen LogP contribution in [-0.4, -0.2) is 49.1 Å². The Labute approximate surface area is 151 Å². The van der Waals surface area contributed by atoms with Crippen molar-refractivity contribution in [1.82, 2.24) is 20.5 Å². The fraction of sp³-hybridized carbons (Fsp3) is 0.750. The molecular formula is C16H28F3N5S. The lowest BCUT2D eigenvalue weighted by atomic mass is 10.3. The van der Waals surface area contributed by atoms with Crippen LogP contribution in [0.5, 0.6) is 0 Å². The molecule has 1 rings (SSSR count). The first-order valence-electron chi connectivity index (χ1n) is 8.59. The molecule has 0 unspecified atom stereocenters. The Morgan fingerprint density at radius 3 is 2.40 bits per heavy atom. The molecule has 0 amide bonds. The van der Waals surface area contributed by atoms with Gasteiger partial charge in [0.15, 0.2) is 11.7 Å². The van der Waals surface area contributed by atoms with Gasteiger partial charge in [0.2, 0.25) is 0 Å². The number of nitrogens with one attached hydrogen (secondary N) is 2. The number of hydrogen-bond acceptors (Lipinski definition) is 4. The summed E-state index contributed by atoms with van der Waals surface area (Å²) in [7, 11) is 1.64. The fourth-order valence-electron chi connectivity index (χ4n) is 2.38. The summed E-state index contributed by atoms with van der Waals surface area (Å²) in [4.78, 5) is 10.1. The van der Waals surface area contributed by atoms with E-state index in [-0.39, 0.29) is 6.54 Å². The molecule has 25 heavy (non-hydrogen) atoms. The third-order valence-electron chi connectivity index (χ3n) is 3.50. The highest BCUT2D eigenvalue weighted by molar-refractivity contribution is 7.09. The van der Waals surface area contributed by atoms with Crippen LogP contribution in [0.3, 0.4) is 0 Å². The monoisotopic (exact) mass is 379 g/mol. The Morgan fingerprint density at radius 2 is 1.88 bits per heavy atom. The number of guanidine groups is 1. The largest absolute Gasteiger partial charge is 0.434 e. The molecule has 5 nitrogen and oxygen atoms in total. The maximum absolute atomic E-state index is 12.5. The summed E-state index contributed by atoms with van der Waals surface area (Å²) >= 11 is 0.989. The lowest BCUT2D eigenvalue weighted by molar-refractivity contribution is -0.140. The molecule has 0 aliphatic heterocycles. The summed E-state index contributed by atoms with van der Waals surface area (Å²) in [5.41, 5.74) is -0.843. The number of nitrogens with zero attached hydrogens (tertiary/aromatic N) is 3. The first-order chi connectivity index (χ1) is 11.9. The zero-order chi connectivity index (χ0) is 18.7. The normalized spacial score (nSPS) is 12.7. The van der Waals surface area contributed by atoms with Gasteiger partial charge in [-0.1, -0.05) is 13.8 Å². The van der Waals surface area contributed by atoms with E-state index in [1.54, 1.807) is 7.05 Å². The number of alkyl halides is 3. The quantitative estimate of drug-likeness (QED) is 0.372. The van der Waals surface area contributed by atoms with Crippen molar-refractivity contribution in [1.29, 1.82) is 0 Å². The minimum Gasteiger partial charge on any atom is -0.356 e. The molecule has 9 heteroatoms. The van der Waals surface area contributed by atoms with Gasteiger partial charge < -0.3 is 15.5 Å². The molecule has 0 aromatic carbocycles. The van der Waals surface area contributed by atoms with E-state index in [0.29, 0.717) is 11.0 Å². The summed E-state index contributed by atoms with van der Waals surface area (Å²) in [5, 5.41) is 7.59. The minimum absolute atomic E-state index is 0.220. The molecule has 0 saturated heterocycles. The Kier molecular flexibility index (Phi) is 9.81. The van der Waals surface area contributed by atoms with Crippen LogP contribution >= 0.6 is 11.3 Å². The Bertz CT molecular complexity index is 510. The molecule has 0 atom stereocenters. The van der Waals surface area contributed by atoms with Gasteiger partial charge in [-0.25, -0.2) is 4.98 Å². The van der Waals surface area contributed by atoms with E-state index in [4.69, 9.17) is 0 Å². The third-order valence-corrected chi connectivity index (χ3v) is 4.34. The van der Waals surface area contributed by atoms with Gasteiger partial charge in [-0.3, -0.25) is 4.99 Å². The predicted octanol–water partition coefficient (Wildman–Crippen LogP) is 3.34. The molecule has 2 N–H and O–H groups in total. The SMILES string of the molecule is CCCN(CCC)CCCNC(=NC)NCc1nc(C(F)(F)F)cs1. The summed E-state index contributed by atoms with van der Waals surface area (Å²) in [6.45, 7) is 8.56. The Morgan fingerprint density at radius 1 is 1.20 bits per heavy atom. The topological polar surface area (TPSA) is 52.5 Å². The highest BCUT2D eigenvalue weighted by Crippen LogP contribution is 2.29. The van der Waals surface area contributed by atoms with Crippen molar-refractivity contribution in [2.75, 3.05) is 33.2 Å². The van der Waals surface area contributed by atoms with Crippen molar-refractivity contribution < 1.29 is 13.2 Å². The molecule has 0 saturated carbocycles. The number of aliphatic imine (C=N–C) groups is 1. The van der Waals surface area contributed by atoms with E-state index in [2.05, 4.69) is 39.4 Å². The number of halogens is 3. The zero-order valence-corrected chi connectivity index (χ0v) is 15.9. The number of aromatic nitrogens is 1. The average molecular weight is 379 g/mol. The summed E-state index contributed by atoms with van der Waals surface area (Å²) in [6.07, 6.45) is -1.12. The van der Waals surface area contributed by atoms with Gasteiger partial charge >= 0.3 is 6.18 Å². The first-order valence-corrected chi connectivity index (χ1v) is 9.47. The van der Waals surface area contributed by atoms with Gasteiger partial charge in [0, 0.05) is 19.0 Å². The van der Waals surface area contributed by atoms with E-state index in [1.807, 2.05) is 0 Å². The Balaban J connectivity index is 2.32. The van der Waals surface area contributed by atoms with Gasteiger partial charge in [0.05, 0.1) is 6.54 Å². The lowest BCUT2D eigenvalue weighted by Gasteiger charge is -2.21. The van der Waals surface area contributed by atoms with Gasteiger partial charge in [0.1, 0.15) is 5.01 Å². The minimum atomic E-state index is -4.39. The maximum atomic E-state index is 12.5. The maximum Gasteiger partial charge on any atom is 0.434 e. The standard InChI is InChI=1S/C16H28F3N5S/c1-4-8-24(9-5-2)10-6-7-21-15(20-3)22-11-14-23-13(12-25-14)16(17,18)19/h12H,4-11H2,1-3H3,(H2,20,21,22). The molecule has 0 bridgehead atoms.